The summed E-state index contributed by atoms with van der Waals surface area (Å²) >= 11 is 0. The van der Waals surface area contributed by atoms with Gasteiger partial charge in [-0.15, -0.1) is 0 Å². The molecular weight excluding hydrogens is 512 g/mol. The summed E-state index contributed by atoms with van der Waals surface area (Å²) in [5, 5.41) is 12.3. The molecule has 0 aromatic heterocycles. The minimum Gasteiger partial charge on any atom is -0.496 e. The number of anilines is 1. The molecule has 1 saturated heterocycles. The van der Waals surface area contributed by atoms with Crippen molar-refractivity contribution in [3.8, 4) is 11.5 Å². The lowest BCUT2D eigenvalue weighted by molar-refractivity contribution is -0.124. The SMILES string of the molecule is COc1ccccc1COCCCOc1ccc(C2CCN(C(=O)O)CC2OCC(=O)Nc2ccccc2)cc1. The van der Waals surface area contributed by atoms with Crippen LogP contribution in [0.15, 0.2) is 78.9 Å². The van der Waals surface area contributed by atoms with Crippen molar-refractivity contribution in [2.75, 3.05) is 45.3 Å². The first kappa shape index (κ1) is 28.9. The summed E-state index contributed by atoms with van der Waals surface area (Å²) in [4.78, 5) is 25.4. The Kier molecular flexibility index (Phi) is 10.8. The summed E-state index contributed by atoms with van der Waals surface area (Å²) in [6, 6.07) is 24.7. The number of piperidine rings is 1. The van der Waals surface area contributed by atoms with E-state index in [4.69, 9.17) is 18.9 Å². The smallest absolute Gasteiger partial charge is 0.407 e. The highest BCUT2D eigenvalue weighted by Crippen LogP contribution is 2.32. The number of hydrogen-bond donors (Lipinski definition) is 2. The number of hydrogen-bond acceptors (Lipinski definition) is 6. The third kappa shape index (κ3) is 8.46. The van der Waals surface area contributed by atoms with Crippen LogP contribution in [0.2, 0.25) is 0 Å². The molecule has 1 fully saturated rings. The van der Waals surface area contributed by atoms with E-state index in [1.165, 1.54) is 4.90 Å². The van der Waals surface area contributed by atoms with Gasteiger partial charge in [0.05, 0.1) is 39.6 Å². The molecule has 1 aliphatic rings. The van der Waals surface area contributed by atoms with Crippen LogP contribution in [0.1, 0.15) is 29.9 Å². The minimum atomic E-state index is -0.989. The molecule has 1 aliphatic heterocycles. The molecule has 0 spiro atoms. The second kappa shape index (κ2) is 14.9. The van der Waals surface area contributed by atoms with Crippen LogP contribution in [-0.2, 0) is 20.9 Å². The van der Waals surface area contributed by atoms with Crippen molar-refractivity contribution in [3.63, 3.8) is 0 Å². The van der Waals surface area contributed by atoms with Crippen molar-refractivity contribution in [3.05, 3.63) is 90.0 Å². The molecule has 212 valence electrons. The average molecular weight is 549 g/mol. The average Bonchev–Trinajstić information content (AvgIpc) is 2.98. The highest BCUT2D eigenvalue weighted by atomic mass is 16.5. The molecule has 3 aromatic carbocycles. The predicted octanol–water partition coefficient (Wildman–Crippen LogP) is 5.17. The Morgan fingerprint density at radius 2 is 1.73 bits per heavy atom. The lowest BCUT2D eigenvalue weighted by Gasteiger charge is -2.37. The zero-order valence-corrected chi connectivity index (χ0v) is 22.7. The molecule has 0 bridgehead atoms. The van der Waals surface area contributed by atoms with Crippen LogP contribution in [-0.4, -0.2) is 68.1 Å². The Morgan fingerprint density at radius 3 is 2.48 bits per heavy atom. The number of nitrogens with zero attached hydrogens (tertiary/aromatic N) is 1. The minimum absolute atomic E-state index is 0.0439. The number of nitrogens with one attached hydrogen (secondary N) is 1. The van der Waals surface area contributed by atoms with Gasteiger partial charge in [0.15, 0.2) is 0 Å². The maximum absolute atomic E-state index is 12.4. The second-order valence-electron chi connectivity index (χ2n) is 9.52. The van der Waals surface area contributed by atoms with Crippen LogP contribution in [0.25, 0.3) is 0 Å². The third-order valence-electron chi connectivity index (χ3n) is 6.78. The molecule has 2 N–H and O–H groups in total. The van der Waals surface area contributed by atoms with E-state index in [2.05, 4.69) is 5.32 Å². The summed E-state index contributed by atoms with van der Waals surface area (Å²) in [6.07, 6.45) is -0.0954. The zero-order valence-electron chi connectivity index (χ0n) is 22.7. The van der Waals surface area contributed by atoms with E-state index in [0.717, 1.165) is 29.0 Å². The van der Waals surface area contributed by atoms with Gasteiger partial charge in [-0.05, 0) is 42.3 Å². The van der Waals surface area contributed by atoms with Crippen molar-refractivity contribution in [1.29, 1.82) is 0 Å². The molecule has 0 radical (unpaired) electrons. The predicted molar refractivity (Wildman–Crippen MR) is 151 cm³/mol. The molecule has 0 saturated carbocycles. The van der Waals surface area contributed by atoms with Gasteiger partial charge in [-0.2, -0.15) is 0 Å². The van der Waals surface area contributed by atoms with Crippen LogP contribution in [0.4, 0.5) is 10.5 Å². The number of carboxylic acid groups (broad SMARTS) is 1. The number of ether oxygens (including phenoxy) is 4. The maximum atomic E-state index is 12.4. The first-order chi connectivity index (χ1) is 19.5. The molecule has 1 heterocycles. The third-order valence-corrected chi connectivity index (χ3v) is 6.78. The monoisotopic (exact) mass is 548 g/mol. The fourth-order valence-corrected chi connectivity index (χ4v) is 4.71. The Bertz CT molecular complexity index is 1220. The standard InChI is InChI=1S/C31H36N2O7/c1-37-28-11-6-5-8-24(28)21-38-18-7-19-39-26-14-12-23(13-15-26)27-16-17-33(31(35)36)20-29(27)40-22-30(34)32-25-9-3-2-4-10-25/h2-6,8-15,27,29H,7,16-22H2,1H3,(H,32,34)(H,35,36). The van der Waals surface area contributed by atoms with Crippen LogP contribution < -0.4 is 14.8 Å². The van der Waals surface area contributed by atoms with E-state index in [0.29, 0.717) is 38.5 Å². The van der Waals surface area contributed by atoms with Crippen molar-refractivity contribution in [2.24, 2.45) is 0 Å². The molecule has 0 aliphatic carbocycles. The van der Waals surface area contributed by atoms with Gasteiger partial charge in [0.1, 0.15) is 18.1 Å². The van der Waals surface area contributed by atoms with E-state index >= 15 is 0 Å². The summed E-state index contributed by atoms with van der Waals surface area (Å²) in [7, 11) is 1.65. The van der Waals surface area contributed by atoms with Gasteiger partial charge in [-0.25, -0.2) is 4.79 Å². The number of benzene rings is 3. The van der Waals surface area contributed by atoms with E-state index < -0.39 is 12.2 Å². The Balaban J connectivity index is 1.25. The van der Waals surface area contributed by atoms with Gasteiger partial charge in [-0.3, -0.25) is 4.79 Å². The number of carbonyl (C=O) groups is 2. The molecule has 40 heavy (non-hydrogen) atoms. The normalized spacial score (nSPS) is 16.8. The van der Waals surface area contributed by atoms with Crippen LogP contribution >= 0.6 is 0 Å². The fraction of sp³-hybridized carbons (Fsp3) is 0.355. The first-order valence-corrected chi connectivity index (χ1v) is 13.4. The lowest BCUT2D eigenvalue weighted by atomic mass is 9.87. The van der Waals surface area contributed by atoms with E-state index in [-0.39, 0.29) is 25.0 Å². The molecule has 2 amide bonds. The Morgan fingerprint density at radius 1 is 0.975 bits per heavy atom. The highest BCUT2D eigenvalue weighted by Gasteiger charge is 2.33. The number of rotatable bonds is 13. The molecule has 9 heteroatoms. The van der Waals surface area contributed by atoms with Gasteiger partial charge >= 0.3 is 6.09 Å². The van der Waals surface area contributed by atoms with Gasteiger partial charge in [0.2, 0.25) is 5.91 Å². The second-order valence-corrected chi connectivity index (χ2v) is 9.52. The van der Waals surface area contributed by atoms with E-state index in [9.17, 15) is 14.7 Å². The summed E-state index contributed by atoms with van der Waals surface area (Å²) in [5.74, 6) is 1.23. The summed E-state index contributed by atoms with van der Waals surface area (Å²) in [5.41, 5.74) is 2.71. The number of methoxy groups -OCH3 is 1. The van der Waals surface area contributed by atoms with Gasteiger partial charge in [-0.1, -0.05) is 48.5 Å². The Labute approximate surface area is 234 Å². The first-order valence-electron chi connectivity index (χ1n) is 13.4. The van der Waals surface area contributed by atoms with Crippen molar-refractivity contribution in [1.82, 2.24) is 4.90 Å². The van der Waals surface area contributed by atoms with Crippen LogP contribution in [0.3, 0.4) is 0 Å². The molecular formula is C31H36N2O7. The molecule has 9 nitrogen and oxygen atoms in total. The molecule has 3 aromatic rings. The summed E-state index contributed by atoms with van der Waals surface area (Å²) in [6.45, 7) is 2.01. The molecule has 2 atom stereocenters. The van der Waals surface area contributed by atoms with Gasteiger partial charge in [0.25, 0.3) is 0 Å². The quantitative estimate of drug-likeness (QED) is 0.284. The maximum Gasteiger partial charge on any atom is 0.407 e. The number of likely N-dealkylation sites (tertiary alicyclic amines) is 1. The van der Waals surface area contributed by atoms with Crippen molar-refractivity contribution in [2.45, 2.75) is 31.5 Å². The number of para-hydroxylation sites is 2. The number of amides is 2. The zero-order chi connectivity index (χ0) is 28.2. The topological polar surface area (TPSA) is 107 Å². The van der Waals surface area contributed by atoms with Crippen LogP contribution in [0.5, 0.6) is 11.5 Å². The highest BCUT2D eigenvalue weighted by molar-refractivity contribution is 5.91. The fourth-order valence-electron chi connectivity index (χ4n) is 4.71. The lowest BCUT2D eigenvalue weighted by Crippen LogP contribution is -2.47. The Hall–Kier alpha value is -4.08. The van der Waals surface area contributed by atoms with E-state index in [1.54, 1.807) is 19.2 Å². The summed E-state index contributed by atoms with van der Waals surface area (Å²) < 4.78 is 23.0. The van der Waals surface area contributed by atoms with Gasteiger partial charge in [0, 0.05) is 30.1 Å². The van der Waals surface area contributed by atoms with Crippen LogP contribution in [0, 0.1) is 0 Å². The van der Waals surface area contributed by atoms with Gasteiger partial charge < -0.3 is 34.3 Å². The van der Waals surface area contributed by atoms with Crippen molar-refractivity contribution >= 4 is 17.7 Å². The molecule has 4 rings (SSSR count). The number of carbonyl (C=O) groups excluding carboxylic acids is 1. The van der Waals surface area contributed by atoms with Crippen molar-refractivity contribution < 1.29 is 33.6 Å². The molecule has 2 unspecified atom stereocenters. The largest absolute Gasteiger partial charge is 0.496 e. The van der Waals surface area contributed by atoms with E-state index in [1.807, 2.05) is 66.7 Å².